The fourth-order valence-electron chi connectivity index (χ4n) is 4.02. The number of carbonyl (C=O) groups is 1. The number of anilines is 2. The minimum atomic E-state index is -4.97. The van der Waals surface area contributed by atoms with Crippen molar-refractivity contribution in [3.8, 4) is 0 Å². The van der Waals surface area contributed by atoms with Crippen LogP contribution in [-0.4, -0.2) is 90.3 Å². The van der Waals surface area contributed by atoms with E-state index < -0.39 is 68.1 Å². The smallest absolute Gasteiger partial charge is 0.386 e. The van der Waals surface area contributed by atoms with Gasteiger partial charge in [-0.15, -0.1) is 0 Å². The molecule has 1 aliphatic heterocycles. The summed E-state index contributed by atoms with van der Waals surface area (Å²) in [5.74, 6) is -0.304. The van der Waals surface area contributed by atoms with E-state index >= 15 is 0 Å². The van der Waals surface area contributed by atoms with Crippen molar-refractivity contribution >= 4 is 31.8 Å². The molecular formula is C26H36F6N8O4Si. The van der Waals surface area contributed by atoms with Crippen LogP contribution in [0, 0.1) is 0 Å². The van der Waals surface area contributed by atoms with Gasteiger partial charge in [-0.05, 0) is 12.5 Å². The first-order valence-electron chi connectivity index (χ1n) is 14.1. The van der Waals surface area contributed by atoms with Crippen LogP contribution in [0.2, 0.25) is 25.7 Å². The maximum atomic E-state index is 13.9. The zero-order valence-electron chi connectivity index (χ0n) is 25.3. The lowest BCUT2D eigenvalue weighted by Crippen LogP contribution is -2.50. The Morgan fingerprint density at radius 3 is 2.27 bits per heavy atom. The van der Waals surface area contributed by atoms with Crippen molar-refractivity contribution < 1.29 is 40.7 Å². The van der Waals surface area contributed by atoms with Crippen LogP contribution in [0.25, 0.3) is 0 Å². The molecule has 0 aliphatic carbocycles. The van der Waals surface area contributed by atoms with E-state index in [4.69, 9.17) is 9.57 Å². The van der Waals surface area contributed by atoms with Crippen molar-refractivity contribution in [3.05, 3.63) is 40.1 Å². The minimum Gasteiger partial charge on any atom is -0.386 e. The quantitative estimate of drug-likeness (QED) is 0.111. The number of amides is 1. The predicted octanol–water partition coefficient (Wildman–Crippen LogP) is 3.92. The lowest BCUT2D eigenvalue weighted by atomic mass is 10.2. The third-order valence-corrected chi connectivity index (χ3v) is 8.41. The Balaban J connectivity index is 1.52. The number of nitrogens with one attached hydrogen (secondary N) is 1. The van der Waals surface area contributed by atoms with Crippen molar-refractivity contribution in [2.24, 2.45) is 5.16 Å². The van der Waals surface area contributed by atoms with Gasteiger partial charge in [0.05, 0.1) is 29.7 Å². The Morgan fingerprint density at radius 1 is 1.07 bits per heavy atom. The van der Waals surface area contributed by atoms with E-state index in [1.54, 1.807) is 11.8 Å². The highest BCUT2D eigenvalue weighted by Crippen LogP contribution is 2.32. The summed E-state index contributed by atoms with van der Waals surface area (Å²) in [6.07, 6.45) is -5.77. The number of nitrogens with zero attached hydrogens (tertiary/aromatic N) is 7. The second-order valence-corrected chi connectivity index (χ2v) is 17.0. The molecule has 1 aliphatic rings. The molecule has 0 spiro atoms. The zero-order chi connectivity index (χ0) is 33.4. The van der Waals surface area contributed by atoms with Crippen molar-refractivity contribution in [1.82, 2.24) is 24.6 Å². The maximum absolute atomic E-state index is 13.9. The first kappa shape index (κ1) is 35.7. The van der Waals surface area contributed by atoms with E-state index in [0.717, 1.165) is 12.2 Å². The fraction of sp³-hybridized carbons (Fsp3) is 0.615. The van der Waals surface area contributed by atoms with Gasteiger partial charge in [0, 0.05) is 53.3 Å². The van der Waals surface area contributed by atoms with Gasteiger partial charge < -0.3 is 24.7 Å². The summed E-state index contributed by atoms with van der Waals surface area (Å²) in [6, 6.07) is -0.0186. The molecule has 3 rings (SSSR count). The Morgan fingerprint density at radius 2 is 1.71 bits per heavy atom. The number of aromatic nitrogens is 4. The average Bonchev–Trinajstić information content (AvgIpc) is 2.96. The highest BCUT2D eigenvalue weighted by atomic mass is 28.3. The van der Waals surface area contributed by atoms with Gasteiger partial charge >= 0.3 is 12.4 Å². The molecule has 0 aromatic carbocycles. The van der Waals surface area contributed by atoms with Crippen molar-refractivity contribution in [1.29, 1.82) is 0 Å². The van der Waals surface area contributed by atoms with Gasteiger partial charge in [-0.1, -0.05) is 31.7 Å². The molecule has 1 amide bonds. The van der Waals surface area contributed by atoms with Gasteiger partial charge in [-0.25, -0.2) is 14.6 Å². The van der Waals surface area contributed by atoms with E-state index in [-0.39, 0.29) is 38.5 Å². The standard InChI is InChI=1S/C26H36F6N8O4Si/c1-5-19(37-20-15-35-40(17-43-10-11-45(2,3)4)23(42)22(20)26(30,31)32)14-36-44-16-21(41)38-6-8-39(9-7-38)24-33-12-18(13-34-24)25(27,28)29/h12-15,19,37H,5-11,16-17H2,1-4H3/b36-14+. The average molecular weight is 667 g/mol. The number of hydrogen-bond donors (Lipinski definition) is 1. The molecule has 1 saturated heterocycles. The van der Waals surface area contributed by atoms with Crippen LogP contribution >= 0.6 is 0 Å². The summed E-state index contributed by atoms with van der Waals surface area (Å²) >= 11 is 0. The van der Waals surface area contributed by atoms with E-state index in [1.807, 2.05) is 0 Å². The van der Waals surface area contributed by atoms with E-state index in [1.165, 1.54) is 11.1 Å². The van der Waals surface area contributed by atoms with E-state index in [0.29, 0.717) is 23.7 Å². The zero-order valence-corrected chi connectivity index (χ0v) is 26.3. The lowest BCUT2D eigenvalue weighted by Gasteiger charge is -2.34. The monoisotopic (exact) mass is 666 g/mol. The Bertz CT molecular complexity index is 1360. The Kier molecular flexibility index (Phi) is 11.9. The Hall–Kier alpha value is -3.74. The molecule has 1 unspecified atom stereocenters. The normalized spacial score (nSPS) is 15.4. The van der Waals surface area contributed by atoms with Crippen molar-refractivity contribution in [2.75, 3.05) is 49.6 Å². The largest absolute Gasteiger partial charge is 0.423 e. The van der Waals surface area contributed by atoms with Crippen LogP contribution in [0.5, 0.6) is 0 Å². The molecule has 3 heterocycles. The molecule has 1 N–H and O–H groups in total. The SMILES string of the molecule is CCC(/C=N/OCC(=O)N1CCN(c2ncc(C(F)(F)F)cn2)CC1)Nc1cnn(COCC[Si](C)(C)C)c(=O)c1C(F)(F)F. The minimum absolute atomic E-state index is 0.112. The van der Waals surface area contributed by atoms with E-state index in [2.05, 4.69) is 45.2 Å². The van der Waals surface area contributed by atoms with Crippen LogP contribution in [-0.2, 0) is 33.5 Å². The van der Waals surface area contributed by atoms with Crippen molar-refractivity contribution in [3.63, 3.8) is 0 Å². The van der Waals surface area contributed by atoms with Crippen LogP contribution in [0.15, 0.2) is 28.5 Å². The molecule has 2 aromatic heterocycles. The van der Waals surface area contributed by atoms with Crippen LogP contribution in [0.3, 0.4) is 0 Å². The van der Waals surface area contributed by atoms with Gasteiger partial charge in [-0.2, -0.15) is 31.4 Å². The topological polar surface area (TPSA) is 127 Å². The summed E-state index contributed by atoms with van der Waals surface area (Å²) in [7, 11) is -1.43. The van der Waals surface area contributed by atoms with E-state index in [9.17, 15) is 35.9 Å². The molecule has 45 heavy (non-hydrogen) atoms. The Labute approximate surface area is 256 Å². The fourth-order valence-corrected chi connectivity index (χ4v) is 4.78. The number of piperazine rings is 1. The molecule has 0 saturated carbocycles. The second-order valence-electron chi connectivity index (χ2n) is 11.4. The number of carbonyl (C=O) groups excluding carboxylic acids is 1. The highest BCUT2D eigenvalue weighted by Gasteiger charge is 2.38. The summed E-state index contributed by atoms with van der Waals surface area (Å²) in [4.78, 5) is 40.9. The summed E-state index contributed by atoms with van der Waals surface area (Å²) < 4.78 is 85.8. The number of halogens is 6. The first-order chi connectivity index (χ1) is 21.0. The second kappa shape index (κ2) is 15.0. The lowest BCUT2D eigenvalue weighted by molar-refractivity contribution is -0.139. The summed E-state index contributed by atoms with van der Waals surface area (Å²) in [5, 5.41) is 10.1. The third kappa shape index (κ3) is 10.7. The van der Waals surface area contributed by atoms with Gasteiger partial charge in [0.1, 0.15) is 12.3 Å². The maximum Gasteiger partial charge on any atom is 0.423 e. The highest BCUT2D eigenvalue weighted by molar-refractivity contribution is 6.76. The predicted molar refractivity (Wildman–Crippen MR) is 156 cm³/mol. The number of ether oxygens (including phenoxy) is 1. The molecule has 12 nitrogen and oxygen atoms in total. The number of alkyl halides is 6. The van der Waals surface area contributed by atoms with Gasteiger partial charge in [0.25, 0.3) is 11.5 Å². The summed E-state index contributed by atoms with van der Waals surface area (Å²) in [5.41, 5.74) is -4.26. The molecule has 2 aromatic rings. The molecule has 0 radical (unpaired) electrons. The third-order valence-electron chi connectivity index (χ3n) is 6.70. The van der Waals surface area contributed by atoms with Crippen molar-refractivity contribution in [2.45, 2.75) is 64.2 Å². The molecular weight excluding hydrogens is 630 g/mol. The molecule has 0 bridgehead atoms. The molecule has 19 heteroatoms. The first-order valence-corrected chi connectivity index (χ1v) is 17.8. The number of oxime groups is 1. The molecule has 1 fully saturated rings. The number of hydrogen-bond acceptors (Lipinski definition) is 10. The van der Waals surface area contributed by atoms with Gasteiger partial charge in [0.15, 0.2) is 6.61 Å². The van der Waals surface area contributed by atoms with Gasteiger partial charge in [0.2, 0.25) is 5.95 Å². The van der Waals surface area contributed by atoms with Crippen LogP contribution in [0.1, 0.15) is 24.5 Å². The van der Waals surface area contributed by atoms with Crippen LogP contribution in [0.4, 0.5) is 38.0 Å². The molecule has 250 valence electrons. The van der Waals surface area contributed by atoms with Crippen LogP contribution < -0.4 is 15.8 Å². The number of rotatable bonds is 13. The van der Waals surface area contributed by atoms with Gasteiger partial charge in [-0.3, -0.25) is 9.59 Å². The summed E-state index contributed by atoms with van der Waals surface area (Å²) in [6.45, 7) is 8.49. The molecule has 1 atom stereocenters.